The van der Waals surface area contributed by atoms with Crippen LogP contribution in [0.4, 0.5) is 4.39 Å². The molecule has 2 aromatic carbocycles. The maximum atomic E-state index is 13.5. The number of halogens is 1. The van der Waals surface area contributed by atoms with E-state index in [0.717, 1.165) is 72.1 Å². The first-order chi connectivity index (χ1) is 19.9. The molecule has 2 aromatic heterocycles. The molecule has 210 valence electrons. The Labute approximate surface area is 245 Å². The van der Waals surface area contributed by atoms with Gasteiger partial charge in [-0.15, -0.1) is 11.3 Å². The zero-order valence-electron chi connectivity index (χ0n) is 23.4. The monoisotopic (exact) mass is 566 g/mol. The van der Waals surface area contributed by atoms with Gasteiger partial charge in [-0.1, -0.05) is 50.1 Å². The van der Waals surface area contributed by atoms with Gasteiger partial charge in [0.05, 0.1) is 5.69 Å². The molecule has 2 aliphatic rings. The predicted octanol–water partition coefficient (Wildman–Crippen LogP) is 8.80. The number of rotatable bonds is 7. The summed E-state index contributed by atoms with van der Waals surface area (Å²) in [6, 6.07) is 22.9. The quantitative estimate of drug-likeness (QED) is 0.243. The van der Waals surface area contributed by atoms with E-state index in [1.165, 1.54) is 53.0 Å². The molecule has 3 heterocycles. The van der Waals surface area contributed by atoms with E-state index in [9.17, 15) is 14.3 Å². The molecule has 0 unspecified atom stereocenters. The van der Waals surface area contributed by atoms with Gasteiger partial charge in [0.15, 0.2) is 0 Å². The second kappa shape index (κ2) is 12.1. The summed E-state index contributed by atoms with van der Waals surface area (Å²) in [7, 11) is 0. The molecule has 41 heavy (non-hydrogen) atoms. The van der Waals surface area contributed by atoms with Gasteiger partial charge in [-0.3, -0.25) is 9.88 Å². The summed E-state index contributed by atoms with van der Waals surface area (Å²) in [5, 5.41) is 10.2. The van der Waals surface area contributed by atoms with Crippen LogP contribution in [0.25, 0.3) is 27.3 Å². The highest BCUT2D eigenvalue weighted by atomic mass is 32.1. The van der Waals surface area contributed by atoms with E-state index in [1.54, 1.807) is 12.1 Å². The number of carbonyl (C=O) groups is 1. The lowest BCUT2D eigenvalue weighted by Gasteiger charge is -2.37. The Kier molecular flexibility index (Phi) is 8.13. The van der Waals surface area contributed by atoms with Crippen LogP contribution in [0.15, 0.2) is 84.6 Å². The number of benzene rings is 2. The van der Waals surface area contributed by atoms with Gasteiger partial charge in [-0.25, -0.2) is 9.18 Å². The minimum atomic E-state index is -0.844. The minimum absolute atomic E-state index is 0.252. The van der Waals surface area contributed by atoms with Crippen molar-refractivity contribution >= 4 is 22.9 Å². The number of pyridine rings is 1. The molecule has 1 saturated carbocycles. The van der Waals surface area contributed by atoms with Gasteiger partial charge >= 0.3 is 5.97 Å². The van der Waals surface area contributed by atoms with Crippen molar-refractivity contribution in [2.45, 2.75) is 45.6 Å². The van der Waals surface area contributed by atoms with Crippen LogP contribution in [0.2, 0.25) is 0 Å². The first kappa shape index (κ1) is 27.6. The smallest absolute Gasteiger partial charge is 0.346 e. The van der Waals surface area contributed by atoms with Gasteiger partial charge in [0, 0.05) is 41.8 Å². The molecule has 1 fully saturated rings. The number of aromatic nitrogens is 1. The fourth-order valence-corrected chi connectivity index (χ4v) is 7.43. The van der Waals surface area contributed by atoms with Crippen LogP contribution >= 0.6 is 11.3 Å². The summed E-state index contributed by atoms with van der Waals surface area (Å²) in [5.74, 6) is 0.136. The van der Waals surface area contributed by atoms with Crippen molar-refractivity contribution in [1.29, 1.82) is 0 Å². The molecule has 0 radical (unpaired) electrons. The van der Waals surface area contributed by atoms with Crippen molar-refractivity contribution in [3.63, 3.8) is 0 Å². The standard InChI is InChI=1S/C35H35FN2O2S/c1-23-7-9-25(10-8-23)31-22-38(21-24-15-17-37-32(19-24)26-11-13-28(36)14-12-26)18-16-29(31)30-20-33(41-34(30)35(39)40)27-5-3-2-4-6-27/h2-6,11-15,17,19-20,23,25H,7-10,16,18,21-22H2,1H3,(H,39,40). The van der Waals surface area contributed by atoms with Gasteiger partial charge in [0.25, 0.3) is 0 Å². The maximum absolute atomic E-state index is 13.5. The van der Waals surface area contributed by atoms with Crippen LogP contribution in [0, 0.1) is 17.7 Å². The van der Waals surface area contributed by atoms with Gasteiger partial charge in [-0.05, 0) is 95.8 Å². The van der Waals surface area contributed by atoms with Crippen LogP contribution in [0.1, 0.15) is 59.8 Å². The van der Waals surface area contributed by atoms with Crippen LogP contribution < -0.4 is 0 Å². The van der Waals surface area contributed by atoms with Gasteiger partial charge < -0.3 is 5.11 Å². The SMILES string of the molecule is CC1CCC(C2=C(c3cc(-c4ccccc4)sc3C(=O)O)CCN(Cc3ccnc(-c4ccc(F)cc4)c3)C2)CC1. The topological polar surface area (TPSA) is 53.4 Å². The summed E-state index contributed by atoms with van der Waals surface area (Å²) in [6.07, 6.45) is 7.43. The fraction of sp³-hybridized carbons (Fsp3) is 0.314. The van der Waals surface area contributed by atoms with Crippen molar-refractivity contribution in [3.05, 3.63) is 106 Å². The molecule has 6 rings (SSSR count). The van der Waals surface area contributed by atoms with Crippen molar-refractivity contribution in [3.8, 4) is 21.7 Å². The summed E-state index contributed by atoms with van der Waals surface area (Å²) in [5.41, 5.74) is 7.57. The first-order valence-corrected chi connectivity index (χ1v) is 15.3. The van der Waals surface area contributed by atoms with Crippen molar-refractivity contribution in [1.82, 2.24) is 9.88 Å². The number of nitrogens with zero attached hydrogens (tertiary/aromatic N) is 2. The molecule has 4 aromatic rings. The second-order valence-electron chi connectivity index (χ2n) is 11.5. The van der Waals surface area contributed by atoms with E-state index in [2.05, 4.69) is 47.1 Å². The molecule has 1 aliphatic carbocycles. The number of aromatic carboxylic acids is 1. The third-order valence-electron chi connectivity index (χ3n) is 8.65. The average molecular weight is 567 g/mol. The van der Waals surface area contributed by atoms with Crippen molar-refractivity contribution < 1.29 is 14.3 Å². The van der Waals surface area contributed by atoms with Crippen LogP contribution in [0.3, 0.4) is 0 Å². The highest BCUT2D eigenvalue weighted by Crippen LogP contribution is 2.43. The number of carboxylic acid groups (broad SMARTS) is 1. The van der Waals surface area contributed by atoms with Crippen molar-refractivity contribution in [2.24, 2.45) is 11.8 Å². The summed E-state index contributed by atoms with van der Waals surface area (Å²) in [4.78, 5) is 20.9. The zero-order chi connectivity index (χ0) is 28.3. The summed E-state index contributed by atoms with van der Waals surface area (Å²) < 4.78 is 13.5. The lowest BCUT2D eigenvalue weighted by atomic mass is 9.75. The molecule has 4 nitrogen and oxygen atoms in total. The van der Waals surface area contributed by atoms with Crippen LogP contribution in [0.5, 0.6) is 0 Å². The van der Waals surface area contributed by atoms with E-state index in [1.807, 2.05) is 24.4 Å². The van der Waals surface area contributed by atoms with Crippen molar-refractivity contribution in [2.75, 3.05) is 13.1 Å². The molecule has 6 heteroatoms. The predicted molar refractivity (Wildman–Crippen MR) is 164 cm³/mol. The lowest BCUT2D eigenvalue weighted by Crippen LogP contribution is -2.34. The highest BCUT2D eigenvalue weighted by Gasteiger charge is 2.31. The Morgan fingerprint density at radius 2 is 1.76 bits per heavy atom. The fourth-order valence-electron chi connectivity index (χ4n) is 6.40. The van der Waals surface area contributed by atoms with Crippen LogP contribution in [-0.4, -0.2) is 34.0 Å². The molecular weight excluding hydrogens is 531 g/mol. The van der Waals surface area contributed by atoms with Crippen LogP contribution in [-0.2, 0) is 6.54 Å². The zero-order valence-corrected chi connectivity index (χ0v) is 24.2. The number of hydrogen-bond donors (Lipinski definition) is 1. The molecule has 0 bridgehead atoms. The third-order valence-corrected chi connectivity index (χ3v) is 9.82. The Balaban J connectivity index is 1.32. The molecular formula is C35H35FN2O2S. The van der Waals surface area contributed by atoms with E-state index in [-0.39, 0.29) is 5.82 Å². The highest BCUT2D eigenvalue weighted by molar-refractivity contribution is 7.17. The van der Waals surface area contributed by atoms with E-state index in [0.29, 0.717) is 10.8 Å². The summed E-state index contributed by atoms with van der Waals surface area (Å²) in [6.45, 7) is 4.85. The third kappa shape index (κ3) is 6.19. The minimum Gasteiger partial charge on any atom is -0.477 e. The molecule has 0 amide bonds. The van der Waals surface area contributed by atoms with E-state index in [4.69, 9.17) is 0 Å². The largest absolute Gasteiger partial charge is 0.477 e. The average Bonchev–Trinajstić information content (AvgIpc) is 3.45. The number of carboxylic acids is 1. The van der Waals surface area contributed by atoms with E-state index < -0.39 is 5.97 Å². The molecule has 1 N–H and O–H groups in total. The van der Waals surface area contributed by atoms with E-state index >= 15 is 0 Å². The molecule has 0 saturated heterocycles. The molecule has 0 spiro atoms. The molecule has 1 aliphatic heterocycles. The van der Waals surface area contributed by atoms with Gasteiger partial charge in [-0.2, -0.15) is 0 Å². The molecule has 0 atom stereocenters. The maximum Gasteiger partial charge on any atom is 0.346 e. The van der Waals surface area contributed by atoms with Gasteiger partial charge in [0.1, 0.15) is 10.7 Å². The Morgan fingerprint density at radius 3 is 2.49 bits per heavy atom. The lowest BCUT2D eigenvalue weighted by molar-refractivity contribution is 0.0701. The summed E-state index contributed by atoms with van der Waals surface area (Å²) >= 11 is 1.39. The normalized spacial score (nSPS) is 19.9. The number of hydrogen-bond acceptors (Lipinski definition) is 4. The Bertz CT molecular complexity index is 1550. The Morgan fingerprint density at radius 1 is 1.00 bits per heavy atom. The second-order valence-corrected chi connectivity index (χ2v) is 12.6. The van der Waals surface area contributed by atoms with Gasteiger partial charge in [0.2, 0.25) is 0 Å². The first-order valence-electron chi connectivity index (χ1n) is 14.5. The number of thiophene rings is 1. The Hall–Kier alpha value is -3.61.